The van der Waals surface area contributed by atoms with Gasteiger partial charge in [-0.05, 0) is 46.3 Å². The van der Waals surface area contributed by atoms with Crippen LogP contribution in [0.4, 0.5) is 10.1 Å². The Hall–Kier alpha value is -1.40. The van der Waals surface area contributed by atoms with Gasteiger partial charge < -0.3 is 0 Å². The Kier molecular flexibility index (Phi) is 3.68. The Balaban J connectivity index is 2.31. The summed E-state index contributed by atoms with van der Waals surface area (Å²) in [4.78, 5) is 0.158. The molecule has 3 nitrogen and oxygen atoms in total. The molecule has 0 aliphatic rings. The highest BCUT2D eigenvalue weighted by Gasteiger charge is 2.13. The third-order valence-electron chi connectivity index (χ3n) is 2.23. The smallest absolute Gasteiger partial charge is 0.261 e. The number of anilines is 1. The molecular weight excluding hydrogens is 321 g/mol. The van der Waals surface area contributed by atoms with Crippen LogP contribution in [0.5, 0.6) is 0 Å². The van der Waals surface area contributed by atoms with Gasteiger partial charge in [0.05, 0.1) is 15.1 Å². The zero-order chi connectivity index (χ0) is 13.2. The van der Waals surface area contributed by atoms with Crippen molar-refractivity contribution in [2.24, 2.45) is 0 Å². The van der Waals surface area contributed by atoms with Crippen LogP contribution in [0.1, 0.15) is 0 Å². The lowest BCUT2D eigenvalue weighted by molar-refractivity contribution is 0.601. The second-order valence-electron chi connectivity index (χ2n) is 3.55. The first-order valence-electron chi connectivity index (χ1n) is 5.02. The predicted octanol–water partition coefficient (Wildman–Crippen LogP) is 3.39. The molecule has 0 amide bonds. The molecule has 0 unspecified atom stereocenters. The van der Waals surface area contributed by atoms with Crippen LogP contribution < -0.4 is 4.72 Å². The van der Waals surface area contributed by atoms with Crippen molar-refractivity contribution in [1.29, 1.82) is 0 Å². The third kappa shape index (κ3) is 2.88. The average molecular weight is 330 g/mol. The fourth-order valence-corrected chi connectivity index (χ4v) is 2.82. The number of rotatable bonds is 3. The number of benzene rings is 2. The van der Waals surface area contributed by atoms with Gasteiger partial charge in [-0.2, -0.15) is 0 Å². The van der Waals surface area contributed by atoms with Crippen LogP contribution in [-0.4, -0.2) is 8.42 Å². The Bertz CT molecular complexity index is 659. The van der Waals surface area contributed by atoms with E-state index in [4.69, 9.17) is 0 Å². The summed E-state index contributed by atoms with van der Waals surface area (Å²) in [6.07, 6.45) is 0. The molecule has 6 heteroatoms. The van der Waals surface area contributed by atoms with Crippen molar-refractivity contribution in [3.63, 3.8) is 0 Å². The summed E-state index contributed by atoms with van der Waals surface area (Å²) in [7, 11) is -3.64. The summed E-state index contributed by atoms with van der Waals surface area (Å²) in [5.74, 6) is -0.447. The molecule has 18 heavy (non-hydrogen) atoms. The standard InChI is InChI=1S/C12H9BrFNO2S/c13-11-8-9(6-7-12(11)14)15-18(16,17)10-4-2-1-3-5-10/h1-8,15H. The van der Waals surface area contributed by atoms with Gasteiger partial charge in [0.1, 0.15) is 5.82 Å². The fraction of sp³-hybridized carbons (Fsp3) is 0. The maximum Gasteiger partial charge on any atom is 0.261 e. The number of nitrogens with one attached hydrogen (secondary N) is 1. The van der Waals surface area contributed by atoms with Crippen molar-refractivity contribution in [1.82, 2.24) is 0 Å². The Labute approximate surface area is 113 Å². The highest BCUT2D eigenvalue weighted by molar-refractivity contribution is 9.10. The fourth-order valence-electron chi connectivity index (χ4n) is 1.37. The van der Waals surface area contributed by atoms with Crippen molar-refractivity contribution in [2.45, 2.75) is 4.90 Å². The zero-order valence-electron chi connectivity index (χ0n) is 9.10. The van der Waals surface area contributed by atoms with Crippen LogP contribution in [0, 0.1) is 5.82 Å². The van der Waals surface area contributed by atoms with E-state index in [0.717, 1.165) is 0 Å². The molecule has 0 bridgehead atoms. The van der Waals surface area contributed by atoms with Gasteiger partial charge in [0, 0.05) is 0 Å². The predicted molar refractivity (Wildman–Crippen MR) is 71.4 cm³/mol. The van der Waals surface area contributed by atoms with E-state index in [1.165, 1.54) is 30.3 Å². The Morgan fingerprint density at radius 1 is 1.06 bits per heavy atom. The Morgan fingerprint density at radius 2 is 1.72 bits per heavy atom. The van der Waals surface area contributed by atoms with Crippen molar-refractivity contribution in [3.8, 4) is 0 Å². The van der Waals surface area contributed by atoms with E-state index >= 15 is 0 Å². The van der Waals surface area contributed by atoms with Crippen molar-refractivity contribution in [2.75, 3.05) is 4.72 Å². The molecule has 0 aromatic heterocycles. The SMILES string of the molecule is O=S(=O)(Nc1ccc(F)c(Br)c1)c1ccccc1. The molecule has 2 aromatic carbocycles. The van der Waals surface area contributed by atoms with Gasteiger partial charge in [-0.15, -0.1) is 0 Å². The first-order valence-corrected chi connectivity index (χ1v) is 7.29. The lowest BCUT2D eigenvalue weighted by atomic mass is 10.3. The summed E-state index contributed by atoms with van der Waals surface area (Å²) in [6.45, 7) is 0. The van der Waals surface area contributed by atoms with Gasteiger partial charge in [0.2, 0.25) is 0 Å². The Morgan fingerprint density at radius 3 is 2.33 bits per heavy atom. The van der Waals surface area contributed by atoms with E-state index in [1.54, 1.807) is 18.2 Å². The second kappa shape index (κ2) is 5.07. The van der Waals surface area contributed by atoms with E-state index in [9.17, 15) is 12.8 Å². The van der Waals surface area contributed by atoms with E-state index in [1.807, 2.05) is 0 Å². The van der Waals surface area contributed by atoms with Crippen molar-refractivity contribution >= 4 is 31.6 Å². The van der Waals surface area contributed by atoms with Crippen LogP contribution >= 0.6 is 15.9 Å². The maximum atomic E-state index is 13.0. The first kappa shape index (κ1) is 13.0. The van der Waals surface area contributed by atoms with Crippen LogP contribution in [0.15, 0.2) is 57.9 Å². The minimum atomic E-state index is -3.64. The molecule has 94 valence electrons. The van der Waals surface area contributed by atoms with Crippen LogP contribution in [0.25, 0.3) is 0 Å². The topological polar surface area (TPSA) is 46.2 Å². The van der Waals surface area contributed by atoms with E-state index < -0.39 is 15.8 Å². The number of hydrogen-bond donors (Lipinski definition) is 1. The van der Waals surface area contributed by atoms with E-state index in [2.05, 4.69) is 20.7 Å². The van der Waals surface area contributed by atoms with E-state index in [-0.39, 0.29) is 9.37 Å². The van der Waals surface area contributed by atoms with Crippen LogP contribution in [0.3, 0.4) is 0 Å². The molecular formula is C12H9BrFNO2S. The monoisotopic (exact) mass is 329 g/mol. The second-order valence-corrected chi connectivity index (χ2v) is 6.08. The van der Waals surface area contributed by atoms with Gasteiger partial charge in [-0.25, -0.2) is 12.8 Å². The molecule has 0 aliphatic carbocycles. The lowest BCUT2D eigenvalue weighted by Gasteiger charge is -2.08. The molecule has 0 saturated carbocycles. The molecule has 0 saturated heterocycles. The molecule has 0 aliphatic heterocycles. The lowest BCUT2D eigenvalue weighted by Crippen LogP contribution is -2.12. The molecule has 1 N–H and O–H groups in total. The van der Waals surface area contributed by atoms with Gasteiger partial charge in [0.15, 0.2) is 0 Å². The molecule has 0 spiro atoms. The summed E-state index contributed by atoms with van der Waals surface area (Å²) in [5, 5.41) is 0. The third-order valence-corrected chi connectivity index (χ3v) is 4.23. The normalized spacial score (nSPS) is 11.2. The molecule has 0 fully saturated rings. The highest BCUT2D eigenvalue weighted by atomic mass is 79.9. The molecule has 2 rings (SSSR count). The molecule has 2 aromatic rings. The largest absolute Gasteiger partial charge is 0.280 e. The summed E-state index contributed by atoms with van der Waals surface area (Å²) >= 11 is 3.00. The van der Waals surface area contributed by atoms with Gasteiger partial charge in [-0.1, -0.05) is 18.2 Å². The van der Waals surface area contributed by atoms with Gasteiger partial charge in [-0.3, -0.25) is 4.72 Å². The number of hydrogen-bond acceptors (Lipinski definition) is 2. The van der Waals surface area contributed by atoms with Crippen LogP contribution in [0.2, 0.25) is 0 Å². The van der Waals surface area contributed by atoms with Crippen molar-refractivity contribution in [3.05, 3.63) is 58.8 Å². The molecule has 0 heterocycles. The quantitative estimate of drug-likeness (QED) is 0.938. The molecule has 0 radical (unpaired) electrons. The van der Waals surface area contributed by atoms with Gasteiger partial charge >= 0.3 is 0 Å². The minimum Gasteiger partial charge on any atom is -0.280 e. The molecule has 0 atom stereocenters. The van der Waals surface area contributed by atoms with Gasteiger partial charge in [0.25, 0.3) is 10.0 Å². The zero-order valence-corrected chi connectivity index (χ0v) is 11.5. The first-order chi connectivity index (χ1) is 8.49. The van der Waals surface area contributed by atoms with Crippen molar-refractivity contribution < 1.29 is 12.8 Å². The maximum absolute atomic E-state index is 13.0. The highest BCUT2D eigenvalue weighted by Crippen LogP contribution is 2.22. The summed E-state index contributed by atoms with van der Waals surface area (Å²) in [6, 6.07) is 11.9. The number of halogens is 2. The summed E-state index contributed by atoms with van der Waals surface area (Å²) in [5.41, 5.74) is 0.298. The summed E-state index contributed by atoms with van der Waals surface area (Å²) < 4.78 is 39.6. The van der Waals surface area contributed by atoms with E-state index in [0.29, 0.717) is 5.69 Å². The minimum absolute atomic E-state index is 0.158. The van der Waals surface area contributed by atoms with Crippen LogP contribution in [-0.2, 0) is 10.0 Å². The number of sulfonamides is 1. The average Bonchev–Trinajstić information content (AvgIpc) is 2.35.